The van der Waals surface area contributed by atoms with E-state index in [1.807, 2.05) is 48.5 Å². The van der Waals surface area contributed by atoms with E-state index in [2.05, 4.69) is 25.1 Å². The van der Waals surface area contributed by atoms with E-state index in [9.17, 15) is 0 Å². The van der Waals surface area contributed by atoms with Crippen molar-refractivity contribution < 1.29 is 18.9 Å². The van der Waals surface area contributed by atoms with Gasteiger partial charge in [0.1, 0.15) is 11.5 Å². The van der Waals surface area contributed by atoms with Gasteiger partial charge in [0.25, 0.3) is 0 Å². The molecule has 0 heterocycles. The number of methoxy groups -OCH3 is 4. The minimum atomic E-state index is -0.543. The molecule has 0 unspecified atom stereocenters. The van der Waals surface area contributed by atoms with Crippen LogP contribution in [0.1, 0.15) is 23.6 Å². The molecular formula is C24H26O4. The van der Waals surface area contributed by atoms with Gasteiger partial charge >= 0.3 is 0 Å². The molecule has 0 aromatic heterocycles. The van der Waals surface area contributed by atoms with E-state index < -0.39 is 5.41 Å². The van der Waals surface area contributed by atoms with E-state index in [0.717, 1.165) is 28.2 Å². The molecule has 0 N–H and O–H groups in total. The molecule has 146 valence electrons. The molecule has 0 radical (unpaired) electrons. The zero-order chi connectivity index (χ0) is 20.1. The van der Waals surface area contributed by atoms with Crippen molar-refractivity contribution >= 4 is 0 Å². The molecule has 4 heteroatoms. The van der Waals surface area contributed by atoms with Crippen LogP contribution in [0.25, 0.3) is 0 Å². The van der Waals surface area contributed by atoms with Crippen LogP contribution in [-0.2, 0) is 5.41 Å². The first kappa shape index (κ1) is 19.6. The maximum Gasteiger partial charge on any atom is 0.161 e. The highest BCUT2D eigenvalue weighted by Crippen LogP contribution is 2.47. The van der Waals surface area contributed by atoms with Gasteiger partial charge in [-0.3, -0.25) is 0 Å². The first-order valence-corrected chi connectivity index (χ1v) is 9.09. The molecule has 0 saturated carbocycles. The van der Waals surface area contributed by atoms with Gasteiger partial charge < -0.3 is 18.9 Å². The fourth-order valence-corrected chi connectivity index (χ4v) is 3.72. The summed E-state index contributed by atoms with van der Waals surface area (Å²) < 4.78 is 22.4. The lowest BCUT2D eigenvalue weighted by molar-refractivity contribution is 0.353. The molecule has 0 fully saturated rings. The van der Waals surface area contributed by atoms with Gasteiger partial charge in [-0.2, -0.15) is 0 Å². The van der Waals surface area contributed by atoms with Crippen molar-refractivity contribution in [2.75, 3.05) is 28.4 Å². The van der Waals surface area contributed by atoms with Crippen molar-refractivity contribution in [1.29, 1.82) is 0 Å². The van der Waals surface area contributed by atoms with Crippen molar-refractivity contribution in [3.63, 3.8) is 0 Å². The minimum Gasteiger partial charge on any atom is -0.496 e. The Kier molecular flexibility index (Phi) is 5.78. The molecule has 0 spiro atoms. The zero-order valence-electron chi connectivity index (χ0n) is 17.0. The van der Waals surface area contributed by atoms with E-state index in [1.165, 1.54) is 0 Å². The van der Waals surface area contributed by atoms with E-state index >= 15 is 0 Å². The van der Waals surface area contributed by atoms with E-state index in [4.69, 9.17) is 18.9 Å². The van der Waals surface area contributed by atoms with Crippen molar-refractivity contribution in [2.24, 2.45) is 0 Å². The molecular weight excluding hydrogens is 352 g/mol. The van der Waals surface area contributed by atoms with Crippen LogP contribution in [-0.4, -0.2) is 28.4 Å². The molecule has 3 aromatic rings. The van der Waals surface area contributed by atoms with Gasteiger partial charge in [0, 0.05) is 16.5 Å². The van der Waals surface area contributed by atoms with Crippen LogP contribution in [0.5, 0.6) is 23.0 Å². The third kappa shape index (κ3) is 3.26. The molecule has 0 aliphatic rings. The second kappa shape index (κ2) is 8.26. The Bertz CT molecular complexity index is 901. The second-order valence-corrected chi connectivity index (χ2v) is 6.60. The summed E-state index contributed by atoms with van der Waals surface area (Å²) in [6.07, 6.45) is 0. The number of ether oxygens (including phenoxy) is 4. The van der Waals surface area contributed by atoms with Crippen LogP contribution >= 0.6 is 0 Å². The number of para-hydroxylation sites is 2. The fraction of sp³-hybridized carbons (Fsp3) is 0.250. The summed E-state index contributed by atoms with van der Waals surface area (Å²) in [5.74, 6) is 2.99. The molecule has 3 rings (SSSR count). The molecule has 0 bridgehead atoms. The number of benzene rings is 3. The molecule has 0 atom stereocenters. The van der Waals surface area contributed by atoms with Gasteiger partial charge in [0.15, 0.2) is 11.5 Å². The summed E-state index contributed by atoms with van der Waals surface area (Å²) >= 11 is 0. The number of rotatable bonds is 7. The van der Waals surface area contributed by atoms with E-state index in [-0.39, 0.29) is 0 Å². The van der Waals surface area contributed by atoms with Gasteiger partial charge in [-0.05, 0) is 36.8 Å². The Morgan fingerprint density at radius 3 is 1.46 bits per heavy atom. The maximum atomic E-state index is 5.71. The van der Waals surface area contributed by atoms with Crippen molar-refractivity contribution in [3.05, 3.63) is 83.4 Å². The zero-order valence-corrected chi connectivity index (χ0v) is 17.0. The highest BCUT2D eigenvalue weighted by molar-refractivity contribution is 5.60. The third-order valence-electron chi connectivity index (χ3n) is 5.25. The summed E-state index contributed by atoms with van der Waals surface area (Å²) in [6, 6.07) is 22.1. The Labute approximate surface area is 166 Å². The highest BCUT2D eigenvalue weighted by atomic mass is 16.5. The smallest absolute Gasteiger partial charge is 0.161 e. The van der Waals surface area contributed by atoms with Crippen LogP contribution in [0.4, 0.5) is 0 Å². The summed E-state index contributed by atoms with van der Waals surface area (Å²) in [5, 5.41) is 0. The highest BCUT2D eigenvalue weighted by Gasteiger charge is 2.36. The van der Waals surface area contributed by atoms with Crippen LogP contribution in [0, 0.1) is 0 Å². The van der Waals surface area contributed by atoms with Crippen molar-refractivity contribution in [2.45, 2.75) is 12.3 Å². The predicted molar refractivity (Wildman–Crippen MR) is 111 cm³/mol. The third-order valence-corrected chi connectivity index (χ3v) is 5.25. The quantitative estimate of drug-likeness (QED) is 0.538. The molecule has 28 heavy (non-hydrogen) atoms. The Balaban J connectivity index is 2.36. The predicted octanol–water partition coefficient (Wildman–Crippen LogP) is 5.08. The van der Waals surface area contributed by atoms with Crippen molar-refractivity contribution in [1.82, 2.24) is 0 Å². The van der Waals surface area contributed by atoms with Crippen molar-refractivity contribution in [3.8, 4) is 23.0 Å². The summed E-state index contributed by atoms with van der Waals surface area (Å²) in [4.78, 5) is 0. The molecule has 3 aromatic carbocycles. The lowest BCUT2D eigenvalue weighted by atomic mass is 9.70. The van der Waals surface area contributed by atoms with Gasteiger partial charge in [-0.25, -0.2) is 0 Å². The fourth-order valence-electron chi connectivity index (χ4n) is 3.72. The standard InChI is InChI=1S/C24H26O4/c1-24(18-10-6-8-12-20(18)25-2,19-11-7-9-13-21(19)26-3)17-14-15-22(27-4)23(16-17)28-5/h6-16H,1-5H3. The van der Waals surface area contributed by atoms with E-state index in [1.54, 1.807) is 28.4 Å². The van der Waals surface area contributed by atoms with Gasteiger partial charge in [0.2, 0.25) is 0 Å². The SMILES string of the molecule is COc1ccc(C(C)(c2ccccc2OC)c2ccccc2OC)cc1OC. The largest absolute Gasteiger partial charge is 0.496 e. The monoisotopic (exact) mass is 378 g/mol. The first-order valence-electron chi connectivity index (χ1n) is 9.09. The number of hydrogen-bond donors (Lipinski definition) is 0. The number of hydrogen-bond acceptors (Lipinski definition) is 4. The van der Waals surface area contributed by atoms with Crippen LogP contribution in [0.15, 0.2) is 66.7 Å². The molecule has 4 nitrogen and oxygen atoms in total. The molecule has 0 aliphatic carbocycles. The normalized spacial score (nSPS) is 11.0. The first-order chi connectivity index (χ1) is 13.6. The van der Waals surface area contributed by atoms with E-state index in [0.29, 0.717) is 11.5 Å². The average Bonchev–Trinajstić information content (AvgIpc) is 2.77. The van der Waals surface area contributed by atoms with Crippen LogP contribution < -0.4 is 18.9 Å². The van der Waals surface area contributed by atoms with Gasteiger partial charge in [-0.15, -0.1) is 0 Å². The summed E-state index contributed by atoms with van der Waals surface area (Å²) in [5.41, 5.74) is 2.57. The molecule has 0 amide bonds. The summed E-state index contributed by atoms with van der Waals surface area (Å²) in [7, 11) is 6.66. The maximum absolute atomic E-state index is 5.71. The topological polar surface area (TPSA) is 36.9 Å². The van der Waals surface area contributed by atoms with Crippen LogP contribution in [0.2, 0.25) is 0 Å². The Morgan fingerprint density at radius 1 is 0.536 bits per heavy atom. The minimum absolute atomic E-state index is 0.543. The Morgan fingerprint density at radius 2 is 1.00 bits per heavy atom. The second-order valence-electron chi connectivity index (χ2n) is 6.60. The summed E-state index contributed by atoms with van der Waals surface area (Å²) in [6.45, 7) is 2.17. The lowest BCUT2D eigenvalue weighted by Crippen LogP contribution is -2.27. The Hall–Kier alpha value is -3.14. The molecule has 0 saturated heterocycles. The average molecular weight is 378 g/mol. The van der Waals surface area contributed by atoms with Crippen LogP contribution in [0.3, 0.4) is 0 Å². The van der Waals surface area contributed by atoms with Gasteiger partial charge in [-0.1, -0.05) is 42.5 Å². The molecule has 0 aliphatic heterocycles. The van der Waals surface area contributed by atoms with Gasteiger partial charge in [0.05, 0.1) is 28.4 Å². The lowest BCUT2D eigenvalue weighted by Gasteiger charge is -2.34.